The molecule has 174 valence electrons. The summed E-state index contributed by atoms with van der Waals surface area (Å²) in [6.07, 6.45) is 2.49. The molecule has 3 aromatic carbocycles. The highest BCUT2D eigenvalue weighted by Gasteiger charge is 2.46. The number of carbonyl (C=O) groups is 2. The number of halogens is 1. The number of hydrogen-bond donors (Lipinski definition) is 0. The zero-order valence-corrected chi connectivity index (χ0v) is 20.0. The predicted molar refractivity (Wildman–Crippen MR) is 134 cm³/mol. The summed E-state index contributed by atoms with van der Waals surface area (Å²) in [5.41, 5.74) is 4.12. The average molecular weight is 473 g/mol. The Morgan fingerprint density at radius 2 is 1.47 bits per heavy atom. The lowest BCUT2D eigenvalue weighted by atomic mass is 9.72. The number of fused-ring (bicyclic) bond motifs is 1. The number of likely N-dealkylation sites (tertiary alicyclic amines) is 1. The van der Waals surface area contributed by atoms with Crippen LogP contribution in [0.3, 0.4) is 0 Å². The smallest absolute Gasteiger partial charge is 0.229 e. The molecular formula is C29H29ClN2O2. The van der Waals surface area contributed by atoms with Crippen LogP contribution < -0.4 is 0 Å². The number of hydrogen-bond acceptors (Lipinski definition) is 2. The third kappa shape index (κ3) is 4.74. The third-order valence-corrected chi connectivity index (χ3v) is 7.56. The number of rotatable bonds is 4. The van der Waals surface area contributed by atoms with Crippen LogP contribution in [0.1, 0.15) is 35.1 Å². The summed E-state index contributed by atoms with van der Waals surface area (Å²) in [5.74, 6) is 0.331. The molecule has 2 aliphatic rings. The van der Waals surface area contributed by atoms with E-state index in [1.165, 1.54) is 11.1 Å². The molecule has 0 aliphatic carbocycles. The molecule has 2 heterocycles. The molecule has 4 nitrogen and oxygen atoms in total. The van der Waals surface area contributed by atoms with Crippen molar-refractivity contribution in [3.8, 4) is 0 Å². The summed E-state index contributed by atoms with van der Waals surface area (Å²) in [7, 11) is 0. The Morgan fingerprint density at radius 1 is 0.824 bits per heavy atom. The molecule has 3 aromatic rings. The second-order valence-corrected chi connectivity index (χ2v) is 9.99. The first-order valence-electron chi connectivity index (χ1n) is 11.9. The first-order chi connectivity index (χ1) is 16.5. The largest absolute Gasteiger partial charge is 0.342 e. The monoisotopic (exact) mass is 472 g/mol. The van der Waals surface area contributed by atoms with Crippen LogP contribution in [0, 0.1) is 5.41 Å². The van der Waals surface area contributed by atoms with Crippen molar-refractivity contribution in [2.45, 2.75) is 38.8 Å². The van der Waals surface area contributed by atoms with E-state index in [0.29, 0.717) is 50.5 Å². The van der Waals surface area contributed by atoms with E-state index in [4.69, 9.17) is 11.6 Å². The number of benzene rings is 3. The standard InChI is InChI=1S/C29H29ClN2O2/c30-26-12-10-22(11-13-26)18-27(33)31-16-14-29(15-17-31)19-24-8-4-5-9-25(24)21-32(28(29)34)20-23-6-2-1-3-7-23/h1-13H,14-21H2. The van der Waals surface area contributed by atoms with Crippen LogP contribution in [-0.2, 0) is 35.5 Å². The van der Waals surface area contributed by atoms with Crippen molar-refractivity contribution in [2.24, 2.45) is 5.41 Å². The van der Waals surface area contributed by atoms with Crippen LogP contribution in [0.25, 0.3) is 0 Å². The van der Waals surface area contributed by atoms with E-state index in [1.807, 2.05) is 52.3 Å². The van der Waals surface area contributed by atoms with Crippen molar-refractivity contribution in [1.29, 1.82) is 0 Å². The van der Waals surface area contributed by atoms with Crippen molar-refractivity contribution >= 4 is 23.4 Å². The van der Waals surface area contributed by atoms with Crippen LogP contribution >= 0.6 is 11.6 Å². The van der Waals surface area contributed by atoms with E-state index in [0.717, 1.165) is 17.5 Å². The minimum Gasteiger partial charge on any atom is -0.342 e. The molecule has 5 rings (SSSR count). The molecule has 0 N–H and O–H groups in total. The molecule has 0 unspecified atom stereocenters. The van der Waals surface area contributed by atoms with Crippen molar-refractivity contribution in [2.75, 3.05) is 13.1 Å². The molecule has 0 atom stereocenters. The highest BCUT2D eigenvalue weighted by molar-refractivity contribution is 6.30. The number of piperidine rings is 1. The lowest BCUT2D eigenvalue weighted by Gasteiger charge is -2.42. The molecular weight excluding hydrogens is 444 g/mol. The van der Waals surface area contributed by atoms with Crippen LogP contribution in [-0.4, -0.2) is 34.7 Å². The Bertz CT molecular complexity index is 1170. The van der Waals surface area contributed by atoms with Gasteiger partial charge in [0, 0.05) is 31.2 Å². The zero-order chi connectivity index (χ0) is 23.5. The minimum atomic E-state index is -0.460. The Kier molecular flexibility index (Phi) is 6.42. The van der Waals surface area contributed by atoms with Gasteiger partial charge in [0.25, 0.3) is 0 Å². The average Bonchev–Trinajstić information content (AvgIpc) is 2.96. The maximum atomic E-state index is 14.0. The van der Waals surface area contributed by atoms with E-state index in [-0.39, 0.29) is 11.8 Å². The molecule has 1 spiro atoms. The quantitative estimate of drug-likeness (QED) is 0.518. The van der Waals surface area contributed by atoms with E-state index < -0.39 is 5.41 Å². The maximum absolute atomic E-state index is 14.0. The summed E-state index contributed by atoms with van der Waals surface area (Å²) in [5, 5.41) is 0.670. The molecule has 5 heteroatoms. The van der Waals surface area contributed by atoms with Gasteiger partial charge in [-0.3, -0.25) is 9.59 Å². The van der Waals surface area contributed by atoms with E-state index in [9.17, 15) is 9.59 Å². The van der Waals surface area contributed by atoms with Crippen LogP contribution in [0.15, 0.2) is 78.9 Å². The molecule has 34 heavy (non-hydrogen) atoms. The van der Waals surface area contributed by atoms with Crippen LogP contribution in [0.4, 0.5) is 0 Å². The lowest BCUT2D eigenvalue weighted by Crippen LogP contribution is -2.51. The van der Waals surface area contributed by atoms with Crippen molar-refractivity contribution in [3.05, 3.63) is 106 Å². The second kappa shape index (κ2) is 9.63. The number of carbonyl (C=O) groups excluding carboxylic acids is 2. The zero-order valence-electron chi connectivity index (χ0n) is 19.3. The van der Waals surface area contributed by atoms with Crippen LogP contribution in [0.5, 0.6) is 0 Å². The van der Waals surface area contributed by atoms with Gasteiger partial charge in [-0.15, -0.1) is 0 Å². The molecule has 0 radical (unpaired) electrons. The van der Waals surface area contributed by atoms with Gasteiger partial charge in [0.1, 0.15) is 0 Å². The van der Waals surface area contributed by atoms with Gasteiger partial charge in [-0.25, -0.2) is 0 Å². The van der Waals surface area contributed by atoms with E-state index in [2.05, 4.69) is 36.4 Å². The highest BCUT2D eigenvalue weighted by Crippen LogP contribution is 2.41. The van der Waals surface area contributed by atoms with Gasteiger partial charge in [0.05, 0.1) is 11.8 Å². The van der Waals surface area contributed by atoms with Crippen molar-refractivity contribution < 1.29 is 9.59 Å². The Hall–Kier alpha value is -3.11. The van der Waals surface area contributed by atoms with Gasteiger partial charge < -0.3 is 9.80 Å². The van der Waals surface area contributed by atoms with Gasteiger partial charge in [0.2, 0.25) is 11.8 Å². The van der Waals surface area contributed by atoms with E-state index >= 15 is 0 Å². The fraction of sp³-hybridized carbons (Fsp3) is 0.310. The second-order valence-electron chi connectivity index (χ2n) is 9.56. The lowest BCUT2D eigenvalue weighted by molar-refractivity contribution is -0.148. The van der Waals surface area contributed by atoms with Gasteiger partial charge in [0.15, 0.2) is 0 Å². The maximum Gasteiger partial charge on any atom is 0.229 e. The Morgan fingerprint density at radius 3 is 2.18 bits per heavy atom. The topological polar surface area (TPSA) is 40.6 Å². The highest BCUT2D eigenvalue weighted by atomic mass is 35.5. The molecule has 0 saturated carbocycles. The minimum absolute atomic E-state index is 0.111. The SMILES string of the molecule is O=C(Cc1ccc(Cl)cc1)N1CCC2(CC1)Cc1ccccc1CN(Cc1ccccc1)C2=O. The number of nitrogens with zero attached hydrogens (tertiary/aromatic N) is 2. The normalized spacial score (nSPS) is 17.4. The third-order valence-electron chi connectivity index (χ3n) is 7.31. The summed E-state index contributed by atoms with van der Waals surface area (Å²) in [6, 6.07) is 26.1. The summed E-state index contributed by atoms with van der Waals surface area (Å²) in [4.78, 5) is 30.9. The molecule has 1 saturated heterocycles. The number of amides is 2. The summed E-state index contributed by atoms with van der Waals surface area (Å²) >= 11 is 5.97. The van der Waals surface area contributed by atoms with E-state index in [1.54, 1.807) is 0 Å². The molecule has 1 fully saturated rings. The first-order valence-corrected chi connectivity index (χ1v) is 12.3. The summed E-state index contributed by atoms with van der Waals surface area (Å²) in [6.45, 7) is 2.46. The first kappa shape index (κ1) is 22.7. The van der Waals surface area contributed by atoms with Gasteiger partial charge in [-0.1, -0.05) is 78.3 Å². The fourth-order valence-corrected chi connectivity index (χ4v) is 5.46. The van der Waals surface area contributed by atoms with Crippen LogP contribution in [0.2, 0.25) is 5.02 Å². The Labute approximate surface area is 206 Å². The predicted octanol–water partition coefficient (Wildman–Crippen LogP) is 5.28. The van der Waals surface area contributed by atoms with Gasteiger partial charge in [-0.2, -0.15) is 0 Å². The fourth-order valence-electron chi connectivity index (χ4n) is 5.33. The summed E-state index contributed by atoms with van der Waals surface area (Å²) < 4.78 is 0. The van der Waals surface area contributed by atoms with Gasteiger partial charge in [-0.05, 0) is 53.6 Å². The molecule has 2 amide bonds. The van der Waals surface area contributed by atoms with Crippen molar-refractivity contribution in [3.63, 3.8) is 0 Å². The van der Waals surface area contributed by atoms with Gasteiger partial charge >= 0.3 is 0 Å². The van der Waals surface area contributed by atoms with Crippen molar-refractivity contribution in [1.82, 2.24) is 9.80 Å². The molecule has 0 aromatic heterocycles. The molecule has 2 aliphatic heterocycles. The Balaban J connectivity index is 1.34. The molecule has 0 bridgehead atoms.